The molecule has 156 valence electrons. The molecule has 1 aliphatic heterocycles. The maximum absolute atomic E-state index is 12.7. The molecule has 1 saturated heterocycles. The highest BCUT2D eigenvalue weighted by atomic mass is 35.5. The van der Waals surface area contributed by atoms with E-state index >= 15 is 0 Å². The van der Waals surface area contributed by atoms with E-state index in [2.05, 4.69) is 25.7 Å². The summed E-state index contributed by atoms with van der Waals surface area (Å²) in [6.07, 6.45) is 0. The van der Waals surface area contributed by atoms with Crippen molar-refractivity contribution in [3.8, 4) is 5.69 Å². The van der Waals surface area contributed by atoms with Crippen LogP contribution in [0.4, 0.5) is 11.4 Å². The van der Waals surface area contributed by atoms with Gasteiger partial charge < -0.3 is 15.0 Å². The fraction of sp³-hybridized carbons (Fsp3) is 0.300. The maximum Gasteiger partial charge on any atom is 0.234 e. The van der Waals surface area contributed by atoms with E-state index < -0.39 is 0 Å². The number of carbonyl (C=O) groups excluding carboxylic acids is 1. The molecule has 10 heteroatoms. The number of benzene rings is 2. The van der Waals surface area contributed by atoms with Gasteiger partial charge in [-0.25, -0.2) is 0 Å². The van der Waals surface area contributed by atoms with Crippen LogP contribution < -0.4 is 10.2 Å². The van der Waals surface area contributed by atoms with Gasteiger partial charge in [-0.2, -0.15) is 4.68 Å². The van der Waals surface area contributed by atoms with Crippen molar-refractivity contribution in [3.63, 3.8) is 0 Å². The Kier molecular flexibility index (Phi) is 6.51. The predicted octanol–water partition coefficient (Wildman–Crippen LogP) is 3.19. The minimum atomic E-state index is -0.157. The van der Waals surface area contributed by atoms with Crippen molar-refractivity contribution in [2.24, 2.45) is 0 Å². The first-order valence-electron chi connectivity index (χ1n) is 9.50. The molecular weight excluding hydrogens is 424 g/mol. The number of nitrogens with zero attached hydrogens (tertiary/aromatic N) is 5. The molecule has 8 nitrogen and oxygen atoms in total. The van der Waals surface area contributed by atoms with Gasteiger partial charge in [-0.15, -0.1) is 5.10 Å². The number of thioether (sulfide) groups is 1. The van der Waals surface area contributed by atoms with Gasteiger partial charge in [-0.1, -0.05) is 41.1 Å². The van der Waals surface area contributed by atoms with Gasteiger partial charge in [0.2, 0.25) is 11.1 Å². The number of ether oxygens (including phenoxy) is 1. The summed E-state index contributed by atoms with van der Waals surface area (Å²) < 4.78 is 7.04. The van der Waals surface area contributed by atoms with Crippen molar-refractivity contribution in [1.82, 2.24) is 20.2 Å². The number of morpholine rings is 1. The highest BCUT2D eigenvalue weighted by Crippen LogP contribution is 2.30. The normalized spacial score (nSPS) is 14.0. The number of tetrazole rings is 1. The average molecular weight is 445 g/mol. The Bertz CT molecular complexity index is 1020. The standard InChI is InChI=1S/C20H21ClN6O2S/c1-14-2-5-16(6-3-14)27-20(23-24-25-27)30-13-19(28)22-17-12-15(21)4-7-18(17)26-8-10-29-11-9-26/h2-7,12H,8-11,13H2,1H3,(H,22,28). The Hall–Kier alpha value is -2.62. The Morgan fingerprint density at radius 2 is 1.97 bits per heavy atom. The van der Waals surface area contributed by atoms with Crippen molar-refractivity contribution < 1.29 is 9.53 Å². The number of aromatic nitrogens is 4. The zero-order valence-corrected chi connectivity index (χ0v) is 18.0. The lowest BCUT2D eigenvalue weighted by Crippen LogP contribution is -2.36. The monoisotopic (exact) mass is 444 g/mol. The number of hydrogen-bond acceptors (Lipinski definition) is 7. The second kappa shape index (κ2) is 9.46. The SMILES string of the molecule is Cc1ccc(-n2nnnc2SCC(=O)Nc2cc(Cl)ccc2N2CCOCC2)cc1. The molecule has 0 unspecified atom stereocenters. The number of carbonyl (C=O) groups is 1. The van der Waals surface area contributed by atoms with E-state index in [-0.39, 0.29) is 11.7 Å². The lowest BCUT2D eigenvalue weighted by Gasteiger charge is -2.30. The molecule has 0 spiro atoms. The van der Waals surface area contributed by atoms with Crippen LogP contribution in [0.2, 0.25) is 5.02 Å². The summed E-state index contributed by atoms with van der Waals surface area (Å²) in [5.41, 5.74) is 3.62. The summed E-state index contributed by atoms with van der Waals surface area (Å²) in [6, 6.07) is 13.4. The van der Waals surface area contributed by atoms with Gasteiger partial charge in [-0.3, -0.25) is 4.79 Å². The Balaban J connectivity index is 1.43. The second-order valence-electron chi connectivity index (χ2n) is 6.81. The van der Waals surface area contributed by atoms with Crippen molar-refractivity contribution in [3.05, 3.63) is 53.1 Å². The lowest BCUT2D eigenvalue weighted by atomic mass is 10.2. The van der Waals surface area contributed by atoms with E-state index in [0.29, 0.717) is 29.1 Å². The van der Waals surface area contributed by atoms with Crippen LogP contribution in [0.25, 0.3) is 5.69 Å². The van der Waals surface area contributed by atoms with Gasteiger partial charge >= 0.3 is 0 Å². The lowest BCUT2D eigenvalue weighted by molar-refractivity contribution is -0.113. The van der Waals surface area contributed by atoms with E-state index in [9.17, 15) is 4.79 Å². The quantitative estimate of drug-likeness (QED) is 0.584. The topological polar surface area (TPSA) is 85.2 Å². The maximum atomic E-state index is 12.7. The fourth-order valence-corrected chi connectivity index (χ4v) is 3.98. The number of halogens is 1. The molecule has 1 aliphatic rings. The first-order valence-corrected chi connectivity index (χ1v) is 10.9. The Labute approximate surface area is 183 Å². The zero-order chi connectivity index (χ0) is 20.9. The van der Waals surface area contributed by atoms with Crippen LogP contribution in [0.3, 0.4) is 0 Å². The van der Waals surface area contributed by atoms with Crippen LogP contribution in [0, 0.1) is 6.92 Å². The smallest absolute Gasteiger partial charge is 0.234 e. The molecule has 30 heavy (non-hydrogen) atoms. The second-order valence-corrected chi connectivity index (χ2v) is 8.19. The first kappa shape index (κ1) is 20.6. The van der Waals surface area contributed by atoms with Crippen LogP contribution >= 0.6 is 23.4 Å². The number of nitrogens with one attached hydrogen (secondary N) is 1. The molecule has 0 radical (unpaired) electrons. The van der Waals surface area contributed by atoms with Gasteiger partial charge in [0.15, 0.2) is 0 Å². The zero-order valence-electron chi connectivity index (χ0n) is 16.4. The number of amides is 1. The predicted molar refractivity (Wildman–Crippen MR) is 118 cm³/mol. The van der Waals surface area contributed by atoms with Crippen molar-refractivity contribution in [2.75, 3.05) is 42.3 Å². The third kappa shape index (κ3) is 4.92. The summed E-state index contributed by atoms with van der Waals surface area (Å²) in [5.74, 6) is 0.0108. The Morgan fingerprint density at radius 1 is 1.20 bits per heavy atom. The van der Waals surface area contributed by atoms with Crippen LogP contribution in [0.1, 0.15) is 5.56 Å². The molecule has 0 bridgehead atoms. The van der Waals surface area contributed by atoms with Gasteiger partial charge in [0, 0.05) is 18.1 Å². The average Bonchev–Trinajstić information content (AvgIpc) is 3.22. The minimum absolute atomic E-state index is 0.157. The molecule has 1 N–H and O–H groups in total. The summed E-state index contributed by atoms with van der Waals surface area (Å²) >= 11 is 7.44. The van der Waals surface area contributed by atoms with Gasteiger partial charge in [0.1, 0.15) is 0 Å². The van der Waals surface area contributed by atoms with Gasteiger partial charge in [-0.05, 0) is 47.7 Å². The molecule has 2 heterocycles. The summed E-state index contributed by atoms with van der Waals surface area (Å²) in [4.78, 5) is 14.8. The van der Waals surface area contributed by atoms with Crippen molar-refractivity contribution >= 4 is 40.6 Å². The molecular formula is C20H21ClN6O2S. The fourth-order valence-electron chi connectivity index (χ4n) is 3.12. The van der Waals surface area contributed by atoms with Crippen molar-refractivity contribution in [1.29, 1.82) is 0 Å². The number of aryl methyl sites for hydroxylation is 1. The molecule has 0 atom stereocenters. The van der Waals surface area contributed by atoms with E-state index in [1.807, 2.05) is 43.3 Å². The highest BCUT2D eigenvalue weighted by Gasteiger charge is 2.17. The van der Waals surface area contributed by atoms with E-state index in [4.69, 9.17) is 16.3 Å². The van der Waals surface area contributed by atoms with E-state index in [1.165, 1.54) is 11.8 Å². The summed E-state index contributed by atoms with van der Waals surface area (Å²) in [6.45, 7) is 4.88. The summed E-state index contributed by atoms with van der Waals surface area (Å²) in [7, 11) is 0. The molecule has 1 aromatic heterocycles. The molecule has 4 rings (SSSR count). The molecule has 1 amide bonds. The van der Waals surface area contributed by atoms with E-state index in [1.54, 1.807) is 10.7 Å². The molecule has 3 aromatic rings. The first-order chi connectivity index (χ1) is 14.6. The van der Waals surface area contributed by atoms with Crippen LogP contribution in [0.15, 0.2) is 47.6 Å². The highest BCUT2D eigenvalue weighted by molar-refractivity contribution is 7.99. The van der Waals surface area contributed by atoms with E-state index in [0.717, 1.165) is 30.0 Å². The third-order valence-corrected chi connectivity index (χ3v) is 5.79. The molecule has 1 fully saturated rings. The molecule has 0 aliphatic carbocycles. The van der Waals surface area contributed by atoms with Crippen LogP contribution in [-0.2, 0) is 9.53 Å². The number of rotatable bonds is 6. The number of hydrogen-bond donors (Lipinski definition) is 1. The largest absolute Gasteiger partial charge is 0.378 e. The van der Waals surface area contributed by atoms with Crippen LogP contribution in [-0.4, -0.2) is 58.2 Å². The van der Waals surface area contributed by atoms with Crippen LogP contribution in [0.5, 0.6) is 0 Å². The van der Waals surface area contributed by atoms with Gasteiger partial charge in [0.05, 0.1) is 36.0 Å². The number of anilines is 2. The Morgan fingerprint density at radius 3 is 2.73 bits per heavy atom. The molecule has 2 aromatic carbocycles. The third-order valence-electron chi connectivity index (χ3n) is 4.64. The summed E-state index contributed by atoms with van der Waals surface area (Å²) in [5, 5.41) is 15.9. The van der Waals surface area contributed by atoms with Crippen molar-refractivity contribution in [2.45, 2.75) is 12.1 Å². The van der Waals surface area contributed by atoms with Gasteiger partial charge in [0.25, 0.3) is 0 Å². The minimum Gasteiger partial charge on any atom is -0.378 e. The molecule has 0 saturated carbocycles.